The molecule has 0 radical (unpaired) electrons. The minimum atomic E-state index is 0.0230. The Bertz CT molecular complexity index is 443. The Labute approximate surface area is 158 Å². The van der Waals surface area contributed by atoms with Crippen LogP contribution >= 0.6 is 0 Å². The molecule has 0 atom stereocenters. The molecule has 0 spiro atoms. The molecule has 0 saturated heterocycles. The van der Waals surface area contributed by atoms with E-state index in [0.717, 1.165) is 70.3 Å². The van der Waals surface area contributed by atoms with Crippen LogP contribution in [-0.4, -0.2) is 30.6 Å². The number of ether oxygens (including phenoxy) is 2. The molecule has 4 heteroatoms. The van der Waals surface area contributed by atoms with Crippen molar-refractivity contribution in [3.8, 4) is 0 Å². The summed E-state index contributed by atoms with van der Waals surface area (Å²) in [5, 5.41) is 0. The van der Waals surface area contributed by atoms with Gasteiger partial charge in [0.05, 0.1) is 12.0 Å². The smallest absolute Gasteiger partial charge is 0.309 e. The van der Waals surface area contributed by atoms with Crippen LogP contribution in [0.1, 0.15) is 84.0 Å². The van der Waals surface area contributed by atoms with E-state index < -0.39 is 0 Å². The molecule has 26 heavy (non-hydrogen) atoms. The fourth-order valence-corrected chi connectivity index (χ4v) is 4.00. The van der Waals surface area contributed by atoms with Crippen LogP contribution in [0.4, 0.5) is 0 Å². The van der Waals surface area contributed by atoms with Crippen LogP contribution in [0.5, 0.6) is 0 Å². The average molecular weight is 365 g/mol. The monoisotopic (exact) mass is 364 g/mol. The second kappa shape index (κ2) is 11.5. The molecule has 148 valence electrons. The Hall–Kier alpha value is -1.16. The van der Waals surface area contributed by atoms with Crippen molar-refractivity contribution in [2.24, 2.45) is 11.8 Å². The van der Waals surface area contributed by atoms with Crippen LogP contribution < -0.4 is 0 Å². The van der Waals surface area contributed by atoms with Crippen LogP contribution in [0.25, 0.3) is 0 Å². The average Bonchev–Trinajstić information content (AvgIpc) is 2.66. The molecule has 0 amide bonds. The van der Waals surface area contributed by atoms with Gasteiger partial charge in [0.25, 0.3) is 0 Å². The second-order valence-corrected chi connectivity index (χ2v) is 8.14. The van der Waals surface area contributed by atoms with Gasteiger partial charge >= 0.3 is 5.97 Å². The first-order valence-corrected chi connectivity index (χ1v) is 10.6. The molecule has 0 N–H and O–H groups in total. The summed E-state index contributed by atoms with van der Waals surface area (Å²) in [6.07, 6.45) is 13.5. The molecular weight excluding hydrogens is 328 g/mol. The predicted octanol–water partition coefficient (Wildman–Crippen LogP) is 5.00. The number of esters is 1. The van der Waals surface area contributed by atoms with Crippen LogP contribution in [0.3, 0.4) is 0 Å². The largest absolute Gasteiger partial charge is 0.462 e. The second-order valence-electron chi connectivity index (χ2n) is 8.14. The highest BCUT2D eigenvalue weighted by atomic mass is 16.5. The topological polar surface area (TPSA) is 52.6 Å². The van der Waals surface area contributed by atoms with Crippen LogP contribution in [0.2, 0.25) is 0 Å². The highest BCUT2D eigenvalue weighted by molar-refractivity contribution is 5.88. The minimum absolute atomic E-state index is 0.0230. The van der Waals surface area contributed by atoms with Crippen LogP contribution in [-0.2, 0) is 19.1 Å². The van der Waals surface area contributed by atoms with Gasteiger partial charge in [-0.1, -0.05) is 19.9 Å². The molecule has 2 aliphatic carbocycles. The van der Waals surface area contributed by atoms with Gasteiger partial charge in [0, 0.05) is 13.0 Å². The van der Waals surface area contributed by atoms with Gasteiger partial charge < -0.3 is 9.47 Å². The van der Waals surface area contributed by atoms with Gasteiger partial charge in [0.15, 0.2) is 5.78 Å². The molecule has 0 aromatic carbocycles. The lowest BCUT2D eigenvalue weighted by atomic mass is 9.86. The summed E-state index contributed by atoms with van der Waals surface area (Å²) < 4.78 is 11.7. The van der Waals surface area contributed by atoms with Crippen molar-refractivity contribution in [3.05, 3.63) is 12.7 Å². The maximum atomic E-state index is 12.4. The quantitative estimate of drug-likeness (QED) is 0.311. The Kier molecular flexibility index (Phi) is 9.38. The summed E-state index contributed by atoms with van der Waals surface area (Å²) in [5.74, 6) is 0.993. The molecule has 2 fully saturated rings. The molecule has 2 aliphatic rings. The fourth-order valence-electron chi connectivity index (χ4n) is 4.00. The molecule has 2 rings (SSSR count). The molecule has 0 aromatic heterocycles. The minimum Gasteiger partial charge on any atom is -0.462 e. The summed E-state index contributed by atoms with van der Waals surface area (Å²) in [6.45, 7) is 6.51. The van der Waals surface area contributed by atoms with Crippen LogP contribution in [0, 0.1) is 11.8 Å². The van der Waals surface area contributed by atoms with Crippen molar-refractivity contribution in [2.45, 2.75) is 96.2 Å². The standard InChI is InChI=1S/C22H36O4/c1-3-19(23)7-5-4-6-16-25-20-14-10-18(11-15-20)22(24)26-21-12-8-17(2)9-13-21/h3,17-18,20-21H,1,4-16H2,2H3. The van der Waals surface area contributed by atoms with E-state index in [4.69, 9.17) is 9.47 Å². The van der Waals surface area contributed by atoms with Crippen molar-refractivity contribution < 1.29 is 19.1 Å². The summed E-state index contributed by atoms with van der Waals surface area (Å²) in [5.41, 5.74) is 0. The van der Waals surface area contributed by atoms with Crippen LogP contribution in [0.15, 0.2) is 12.7 Å². The Balaban J connectivity index is 1.52. The van der Waals surface area contributed by atoms with E-state index in [1.807, 2.05) is 0 Å². The molecule has 4 nitrogen and oxygen atoms in total. The third-order valence-electron chi connectivity index (χ3n) is 5.90. The molecule has 0 bridgehead atoms. The first-order valence-electron chi connectivity index (χ1n) is 10.6. The summed E-state index contributed by atoms with van der Waals surface area (Å²) in [6, 6.07) is 0. The van der Waals surface area contributed by atoms with Gasteiger partial charge in [-0.05, 0) is 76.2 Å². The van der Waals surface area contributed by atoms with Crippen molar-refractivity contribution in [3.63, 3.8) is 0 Å². The normalized spacial score (nSPS) is 29.1. The highest BCUT2D eigenvalue weighted by Crippen LogP contribution is 2.30. The lowest BCUT2D eigenvalue weighted by Gasteiger charge is -2.30. The number of carbonyl (C=O) groups excluding carboxylic acids is 2. The van der Waals surface area contributed by atoms with Gasteiger partial charge in [-0.15, -0.1) is 0 Å². The molecule has 0 heterocycles. The zero-order valence-corrected chi connectivity index (χ0v) is 16.4. The number of rotatable bonds is 10. The summed E-state index contributed by atoms with van der Waals surface area (Å²) >= 11 is 0. The third-order valence-corrected chi connectivity index (χ3v) is 5.90. The zero-order chi connectivity index (χ0) is 18.8. The van der Waals surface area contributed by atoms with Gasteiger partial charge in [-0.2, -0.15) is 0 Å². The maximum Gasteiger partial charge on any atom is 0.309 e. The molecule has 0 aromatic rings. The predicted molar refractivity (Wildman–Crippen MR) is 103 cm³/mol. The van der Waals surface area contributed by atoms with E-state index in [-0.39, 0.29) is 29.9 Å². The maximum absolute atomic E-state index is 12.4. The van der Waals surface area contributed by atoms with E-state index >= 15 is 0 Å². The van der Waals surface area contributed by atoms with E-state index in [2.05, 4.69) is 13.5 Å². The molecular formula is C22H36O4. The molecule has 0 aliphatic heterocycles. The summed E-state index contributed by atoms with van der Waals surface area (Å²) in [4.78, 5) is 23.5. The Morgan fingerprint density at radius 1 is 0.923 bits per heavy atom. The summed E-state index contributed by atoms with van der Waals surface area (Å²) in [7, 11) is 0. The zero-order valence-electron chi connectivity index (χ0n) is 16.4. The highest BCUT2D eigenvalue weighted by Gasteiger charge is 2.30. The van der Waals surface area contributed by atoms with Crippen molar-refractivity contribution >= 4 is 11.8 Å². The van der Waals surface area contributed by atoms with Crippen molar-refractivity contribution in [2.75, 3.05) is 6.61 Å². The van der Waals surface area contributed by atoms with Gasteiger partial charge in [-0.3, -0.25) is 9.59 Å². The SMILES string of the molecule is C=CC(=O)CCCCCOC1CCC(C(=O)OC2CCC(C)CC2)CC1. The van der Waals surface area contributed by atoms with E-state index in [1.54, 1.807) is 0 Å². The lowest BCUT2D eigenvalue weighted by Crippen LogP contribution is -2.31. The van der Waals surface area contributed by atoms with E-state index in [1.165, 1.54) is 18.9 Å². The van der Waals surface area contributed by atoms with Gasteiger partial charge in [0.1, 0.15) is 6.10 Å². The number of hydrogen-bond acceptors (Lipinski definition) is 4. The van der Waals surface area contributed by atoms with E-state index in [9.17, 15) is 9.59 Å². The van der Waals surface area contributed by atoms with E-state index in [0.29, 0.717) is 6.42 Å². The number of unbranched alkanes of at least 4 members (excludes halogenated alkanes) is 2. The number of hydrogen-bond donors (Lipinski definition) is 0. The Morgan fingerprint density at radius 2 is 1.58 bits per heavy atom. The lowest BCUT2D eigenvalue weighted by molar-refractivity contribution is -0.158. The fraction of sp³-hybridized carbons (Fsp3) is 0.818. The van der Waals surface area contributed by atoms with Gasteiger partial charge in [0.2, 0.25) is 0 Å². The number of allylic oxidation sites excluding steroid dienone is 1. The Morgan fingerprint density at radius 3 is 2.23 bits per heavy atom. The first kappa shape index (κ1) is 21.1. The first-order chi connectivity index (χ1) is 12.6. The third kappa shape index (κ3) is 7.61. The van der Waals surface area contributed by atoms with Crippen molar-refractivity contribution in [1.29, 1.82) is 0 Å². The van der Waals surface area contributed by atoms with Crippen molar-refractivity contribution in [1.82, 2.24) is 0 Å². The number of ketones is 1. The molecule has 0 unspecified atom stereocenters. The molecule has 2 saturated carbocycles. The van der Waals surface area contributed by atoms with Gasteiger partial charge in [-0.25, -0.2) is 0 Å². The number of carbonyl (C=O) groups is 2.